The van der Waals surface area contributed by atoms with Gasteiger partial charge in [0, 0.05) is 49.6 Å². The van der Waals surface area contributed by atoms with E-state index in [1.54, 1.807) is 12.4 Å². The van der Waals surface area contributed by atoms with Crippen LogP contribution in [0, 0.1) is 0 Å². The molecule has 0 aliphatic carbocycles. The molecule has 5 atom stereocenters. The lowest BCUT2D eigenvalue weighted by Gasteiger charge is -2.30. The fourth-order valence-corrected chi connectivity index (χ4v) is 5.88. The Morgan fingerprint density at radius 2 is 1.58 bits per heavy atom. The second-order valence-corrected chi connectivity index (χ2v) is 11.5. The second kappa shape index (κ2) is 15.2. The van der Waals surface area contributed by atoms with E-state index in [9.17, 15) is 24.0 Å². The number of rotatable bonds is 14. The van der Waals surface area contributed by atoms with Crippen molar-refractivity contribution in [3.8, 4) is 0 Å². The minimum atomic E-state index is -1.00. The lowest BCUT2D eigenvalue weighted by Crippen LogP contribution is -2.58. The fraction of sp³-hybridized carbons (Fsp3) is 0.452. The number of hydrogen-bond acceptors (Lipinski definition) is 8. The summed E-state index contributed by atoms with van der Waals surface area (Å²) < 4.78 is 0. The number of carbonyl (C=O) groups is 5. The molecule has 5 unspecified atom stereocenters. The van der Waals surface area contributed by atoms with E-state index in [1.807, 2.05) is 30.3 Å². The van der Waals surface area contributed by atoms with Crippen molar-refractivity contribution < 1.29 is 24.0 Å². The minimum Gasteiger partial charge on any atom is -0.348 e. The number of aromatic amines is 2. The molecule has 14 nitrogen and oxygen atoms in total. The largest absolute Gasteiger partial charge is 0.348 e. The van der Waals surface area contributed by atoms with Crippen LogP contribution in [0.2, 0.25) is 0 Å². The summed E-state index contributed by atoms with van der Waals surface area (Å²) in [5.74, 6) is -1.63. The zero-order valence-electron chi connectivity index (χ0n) is 24.9. The Hall–Kier alpha value is -4.85. The molecule has 2 aromatic heterocycles. The highest BCUT2D eigenvalue weighted by Gasteiger charge is 2.40. The van der Waals surface area contributed by atoms with Crippen LogP contribution in [0.15, 0.2) is 55.4 Å². The SMILES string of the molecule is O=CC(Cc1cnc[nH]1)NC(=O)C(Cc1ccccc1)NC(=O)C1CCCN1C(=O)C(Cc1cnc[nH]1)NC(=O)C1CCCN1. The Balaban J connectivity index is 1.29. The number of imidazole rings is 2. The van der Waals surface area contributed by atoms with Gasteiger partial charge in [-0.1, -0.05) is 30.3 Å². The van der Waals surface area contributed by atoms with Crippen LogP contribution in [0.4, 0.5) is 0 Å². The van der Waals surface area contributed by atoms with Gasteiger partial charge < -0.3 is 40.9 Å². The highest BCUT2D eigenvalue weighted by molar-refractivity contribution is 5.95. The summed E-state index contributed by atoms with van der Waals surface area (Å²) in [5, 5.41) is 11.6. The molecule has 2 saturated heterocycles. The summed E-state index contributed by atoms with van der Waals surface area (Å²) in [7, 11) is 0. The topological polar surface area (TPSA) is 194 Å². The molecule has 238 valence electrons. The molecule has 0 bridgehead atoms. The molecule has 0 saturated carbocycles. The maximum absolute atomic E-state index is 13.9. The van der Waals surface area contributed by atoms with E-state index < -0.39 is 36.0 Å². The predicted octanol–water partition coefficient (Wildman–Crippen LogP) is -0.443. The van der Waals surface area contributed by atoms with Crippen molar-refractivity contribution in [2.24, 2.45) is 0 Å². The molecule has 0 radical (unpaired) electrons. The van der Waals surface area contributed by atoms with Crippen LogP contribution in [0.3, 0.4) is 0 Å². The molecule has 5 rings (SSSR count). The van der Waals surface area contributed by atoms with E-state index in [0.29, 0.717) is 43.5 Å². The van der Waals surface area contributed by atoms with Crippen molar-refractivity contribution in [3.05, 3.63) is 72.3 Å². The van der Waals surface area contributed by atoms with Crippen LogP contribution < -0.4 is 21.3 Å². The molecular formula is C31H39N9O5. The van der Waals surface area contributed by atoms with E-state index in [1.165, 1.54) is 17.6 Å². The van der Waals surface area contributed by atoms with E-state index in [0.717, 1.165) is 18.5 Å². The molecule has 45 heavy (non-hydrogen) atoms. The first-order valence-electron chi connectivity index (χ1n) is 15.3. The zero-order valence-corrected chi connectivity index (χ0v) is 24.9. The maximum atomic E-state index is 13.9. The Kier molecular flexibility index (Phi) is 10.7. The Bertz CT molecular complexity index is 1420. The molecule has 2 aliphatic rings. The first-order chi connectivity index (χ1) is 21.9. The number of aromatic nitrogens is 4. The molecule has 14 heteroatoms. The van der Waals surface area contributed by atoms with Gasteiger partial charge in [-0.05, 0) is 37.8 Å². The first-order valence-corrected chi connectivity index (χ1v) is 15.3. The Morgan fingerprint density at radius 3 is 2.22 bits per heavy atom. The van der Waals surface area contributed by atoms with Gasteiger partial charge in [0.25, 0.3) is 0 Å². The van der Waals surface area contributed by atoms with Crippen molar-refractivity contribution in [2.45, 2.75) is 75.2 Å². The van der Waals surface area contributed by atoms with E-state index in [-0.39, 0.29) is 37.1 Å². The van der Waals surface area contributed by atoms with Crippen molar-refractivity contribution >= 4 is 29.9 Å². The third kappa shape index (κ3) is 8.41. The summed E-state index contributed by atoms with van der Waals surface area (Å²) in [5.41, 5.74) is 2.17. The fourth-order valence-electron chi connectivity index (χ4n) is 5.88. The molecule has 2 aliphatic heterocycles. The van der Waals surface area contributed by atoms with Crippen molar-refractivity contribution in [1.82, 2.24) is 46.1 Å². The number of nitrogens with one attached hydrogen (secondary N) is 6. The number of benzene rings is 1. The summed E-state index contributed by atoms with van der Waals surface area (Å²) >= 11 is 0. The first kappa shape index (κ1) is 31.6. The van der Waals surface area contributed by atoms with Crippen LogP contribution in [-0.4, -0.2) is 98.0 Å². The van der Waals surface area contributed by atoms with E-state index >= 15 is 0 Å². The summed E-state index contributed by atoms with van der Waals surface area (Å²) in [6.45, 7) is 1.07. The van der Waals surface area contributed by atoms with Crippen LogP contribution in [0.1, 0.15) is 42.6 Å². The lowest BCUT2D eigenvalue weighted by atomic mass is 10.0. The number of likely N-dealkylation sites (tertiary alicyclic amines) is 1. The van der Waals surface area contributed by atoms with Gasteiger partial charge in [0.1, 0.15) is 24.4 Å². The van der Waals surface area contributed by atoms with Crippen LogP contribution in [0.5, 0.6) is 0 Å². The maximum Gasteiger partial charge on any atom is 0.246 e. The standard InChI is InChI=1S/C31H39N9O5/c41-17-23(13-21-15-32-18-35-21)37-29(43)25(12-20-6-2-1-3-7-20)38-30(44)27-9-5-11-40(27)31(45)26(14-22-16-33-19-36-22)39-28(42)24-8-4-10-34-24/h1-3,6-7,15-19,23-27,34H,4-5,8-14H2,(H,32,35)(H,33,36)(H,37,43)(H,38,44)(H,39,42). The third-order valence-corrected chi connectivity index (χ3v) is 8.21. The van der Waals surface area contributed by atoms with Gasteiger partial charge in [0.2, 0.25) is 23.6 Å². The van der Waals surface area contributed by atoms with E-state index in [2.05, 4.69) is 41.2 Å². The van der Waals surface area contributed by atoms with Crippen molar-refractivity contribution in [1.29, 1.82) is 0 Å². The number of H-pyrrole nitrogens is 2. The van der Waals surface area contributed by atoms with Gasteiger partial charge in [-0.3, -0.25) is 19.2 Å². The molecule has 1 aromatic carbocycles. The van der Waals surface area contributed by atoms with Crippen LogP contribution in [0.25, 0.3) is 0 Å². The van der Waals surface area contributed by atoms with Crippen LogP contribution >= 0.6 is 0 Å². The van der Waals surface area contributed by atoms with Gasteiger partial charge in [-0.15, -0.1) is 0 Å². The smallest absolute Gasteiger partial charge is 0.246 e. The number of aldehydes is 1. The molecular weight excluding hydrogens is 578 g/mol. The highest BCUT2D eigenvalue weighted by Crippen LogP contribution is 2.20. The quantitative estimate of drug-likeness (QED) is 0.131. The average Bonchev–Trinajstić information content (AvgIpc) is 3.88. The normalized spacial score (nSPS) is 19.8. The second-order valence-electron chi connectivity index (χ2n) is 11.5. The predicted molar refractivity (Wildman–Crippen MR) is 162 cm³/mol. The van der Waals surface area contributed by atoms with E-state index in [4.69, 9.17) is 0 Å². The van der Waals surface area contributed by atoms with Crippen molar-refractivity contribution in [2.75, 3.05) is 13.1 Å². The summed E-state index contributed by atoms with van der Waals surface area (Å²) in [6, 6.07) is 5.27. The van der Waals surface area contributed by atoms with Gasteiger partial charge in [-0.25, -0.2) is 9.97 Å². The molecule has 0 spiro atoms. The van der Waals surface area contributed by atoms with Gasteiger partial charge in [0.15, 0.2) is 0 Å². The Morgan fingerprint density at radius 1 is 0.867 bits per heavy atom. The number of nitrogens with zero attached hydrogens (tertiary/aromatic N) is 3. The Labute approximate surface area is 260 Å². The summed E-state index contributed by atoms with van der Waals surface area (Å²) in [4.78, 5) is 81.4. The minimum absolute atomic E-state index is 0.182. The summed E-state index contributed by atoms with van der Waals surface area (Å²) in [6.07, 6.45) is 9.95. The number of carbonyl (C=O) groups excluding carboxylic acids is 5. The highest BCUT2D eigenvalue weighted by atomic mass is 16.2. The zero-order chi connectivity index (χ0) is 31.6. The third-order valence-electron chi connectivity index (χ3n) is 8.21. The molecule has 4 heterocycles. The van der Waals surface area contributed by atoms with Gasteiger partial charge >= 0.3 is 0 Å². The lowest BCUT2D eigenvalue weighted by molar-refractivity contribution is -0.142. The molecule has 6 N–H and O–H groups in total. The van der Waals surface area contributed by atoms with Gasteiger partial charge in [-0.2, -0.15) is 0 Å². The van der Waals surface area contributed by atoms with Crippen molar-refractivity contribution in [3.63, 3.8) is 0 Å². The van der Waals surface area contributed by atoms with Gasteiger partial charge in [0.05, 0.1) is 24.7 Å². The molecule has 3 aromatic rings. The number of hydrogen-bond donors (Lipinski definition) is 6. The molecule has 2 fully saturated rings. The number of amides is 4. The molecule has 4 amide bonds. The average molecular weight is 618 g/mol. The monoisotopic (exact) mass is 617 g/mol. The van der Waals surface area contributed by atoms with Crippen LogP contribution in [-0.2, 0) is 43.2 Å².